The van der Waals surface area contributed by atoms with Gasteiger partial charge in [0.15, 0.2) is 11.7 Å². The number of rotatable bonds is 4. The van der Waals surface area contributed by atoms with Gasteiger partial charge in [0.25, 0.3) is 0 Å². The van der Waals surface area contributed by atoms with E-state index in [9.17, 15) is 0 Å². The zero-order chi connectivity index (χ0) is 18.5. The average molecular weight is 383 g/mol. The van der Waals surface area contributed by atoms with Gasteiger partial charge in [0.05, 0.1) is 0 Å². The van der Waals surface area contributed by atoms with Crippen molar-refractivity contribution in [2.45, 2.75) is 0 Å². The molecule has 27 heavy (non-hydrogen) atoms. The zero-order valence-corrected chi connectivity index (χ0v) is 15.1. The fraction of sp³-hybridized carbons (Fsp3) is 0. The van der Waals surface area contributed by atoms with E-state index in [1.165, 1.54) is 0 Å². The summed E-state index contributed by atoms with van der Waals surface area (Å²) < 4.78 is 0. The minimum Gasteiger partial charge on any atom is -0.409 e. The molecular weight excluding hydrogens is 364 g/mol. The number of amidine groups is 2. The summed E-state index contributed by atoms with van der Waals surface area (Å²) >= 11 is 0. The molecule has 0 bridgehead atoms. The third-order valence-electron chi connectivity index (χ3n) is 4.13. The van der Waals surface area contributed by atoms with Gasteiger partial charge < -0.3 is 21.9 Å². The second kappa shape index (κ2) is 8.73. The molecule has 0 radical (unpaired) electrons. The highest BCUT2D eigenvalue weighted by Gasteiger charge is 2.04. The van der Waals surface area contributed by atoms with Crippen LogP contribution in [0.4, 0.5) is 0 Å². The lowest BCUT2D eigenvalue weighted by molar-refractivity contribution is 0.318. The van der Waals surface area contributed by atoms with Crippen molar-refractivity contribution in [1.29, 1.82) is 0 Å². The summed E-state index contributed by atoms with van der Waals surface area (Å²) in [6, 6.07) is 23.1. The molecule has 0 atom stereocenters. The molecule has 7 heteroatoms. The second-order valence-electron chi connectivity index (χ2n) is 5.70. The summed E-state index contributed by atoms with van der Waals surface area (Å²) in [6.07, 6.45) is 0. The molecule has 138 valence electrons. The Morgan fingerprint density at radius 3 is 0.963 bits per heavy atom. The Kier molecular flexibility index (Phi) is 6.41. The molecule has 6 nitrogen and oxygen atoms in total. The van der Waals surface area contributed by atoms with Crippen LogP contribution in [0.5, 0.6) is 0 Å². The van der Waals surface area contributed by atoms with Crippen LogP contribution in [-0.2, 0) is 0 Å². The van der Waals surface area contributed by atoms with Crippen molar-refractivity contribution in [3.8, 4) is 22.3 Å². The monoisotopic (exact) mass is 382 g/mol. The molecule has 0 amide bonds. The second-order valence-corrected chi connectivity index (χ2v) is 5.70. The summed E-state index contributed by atoms with van der Waals surface area (Å²) in [5, 5.41) is 23.4. The highest BCUT2D eigenvalue weighted by Crippen LogP contribution is 2.25. The molecular formula is C20H19ClN4O2. The van der Waals surface area contributed by atoms with Crippen molar-refractivity contribution in [2.75, 3.05) is 0 Å². The van der Waals surface area contributed by atoms with Crippen LogP contribution in [0.3, 0.4) is 0 Å². The van der Waals surface area contributed by atoms with Gasteiger partial charge in [-0.2, -0.15) is 0 Å². The number of nitrogens with zero attached hydrogens (tertiary/aromatic N) is 2. The lowest BCUT2D eigenvalue weighted by Gasteiger charge is -2.07. The zero-order valence-electron chi connectivity index (χ0n) is 14.3. The first kappa shape index (κ1) is 19.8. The van der Waals surface area contributed by atoms with E-state index < -0.39 is 0 Å². The molecule has 0 aliphatic heterocycles. The molecule has 0 saturated carbocycles. The van der Waals surface area contributed by atoms with Crippen LogP contribution in [0.15, 0.2) is 83.1 Å². The number of nitrogens with two attached hydrogens (primary N) is 2. The van der Waals surface area contributed by atoms with Crippen molar-refractivity contribution in [2.24, 2.45) is 21.8 Å². The van der Waals surface area contributed by atoms with Crippen LogP contribution in [0.25, 0.3) is 22.3 Å². The number of benzene rings is 3. The molecule has 3 rings (SSSR count). The summed E-state index contributed by atoms with van der Waals surface area (Å²) in [6.45, 7) is 0. The van der Waals surface area contributed by atoms with Crippen molar-refractivity contribution in [1.82, 2.24) is 0 Å². The van der Waals surface area contributed by atoms with Gasteiger partial charge in [0, 0.05) is 11.1 Å². The largest absolute Gasteiger partial charge is 0.409 e. The molecule has 0 aromatic heterocycles. The fourth-order valence-electron chi connectivity index (χ4n) is 2.64. The van der Waals surface area contributed by atoms with Crippen molar-refractivity contribution >= 4 is 24.1 Å². The van der Waals surface area contributed by atoms with E-state index in [-0.39, 0.29) is 24.1 Å². The van der Waals surface area contributed by atoms with Gasteiger partial charge in [-0.3, -0.25) is 0 Å². The van der Waals surface area contributed by atoms with Crippen LogP contribution in [0.1, 0.15) is 11.1 Å². The highest BCUT2D eigenvalue weighted by atomic mass is 35.5. The SMILES string of the molecule is Cl.N/C(=N\O)c1ccc(-c2ccc(-c3ccc(/C(N)=N/O)cc3)cc2)cc1. The third kappa shape index (κ3) is 4.37. The van der Waals surface area contributed by atoms with Crippen LogP contribution in [0, 0.1) is 0 Å². The van der Waals surface area contributed by atoms with E-state index in [4.69, 9.17) is 21.9 Å². The van der Waals surface area contributed by atoms with Crippen LogP contribution in [0.2, 0.25) is 0 Å². The van der Waals surface area contributed by atoms with Gasteiger partial charge in [-0.1, -0.05) is 83.1 Å². The molecule has 0 heterocycles. The van der Waals surface area contributed by atoms with E-state index in [2.05, 4.69) is 10.3 Å². The summed E-state index contributed by atoms with van der Waals surface area (Å²) in [4.78, 5) is 0. The summed E-state index contributed by atoms with van der Waals surface area (Å²) in [5.41, 5.74) is 16.7. The Bertz CT molecular complexity index is 870. The van der Waals surface area contributed by atoms with Gasteiger partial charge in [-0.25, -0.2) is 0 Å². The Morgan fingerprint density at radius 2 is 0.741 bits per heavy atom. The number of hydrogen-bond donors (Lipinski definition) is 4. The molecule has 0 spiro atoms. The Morgan fingerprint density at radius 1 is 0.519 bits per heavy atom. The van der Waals surface area contributed by atoms with Crippen LogP contribution >= 0.6 is 12.4 Å². The molecule has 0 aliphatic carbocycles. The fourth-order valence-corrected chi connectivity index (χ4v) is 2.64. The Hall–Kier alpha value is -3.51. The molecule has 6 N–H and O–H groups in total. The minimum absolute atomic E-state index is 0. The van der Waals surface area contributed by atoms with E-state index >= 15 is 0 Å². The van der Waals surface area contributed by atoms with E-state index in [0.29, 0.717) is 11.1 Å². The lowest BCUT2D eigenvalue weighted by atomic mass is 9.99. The summed E-state index contributed by atoms with van der Waals surface area (Å²) in [7, 11) is 0. The van der Waals surface area contributed by atoms with Crippen LogP contribution in [-0.4, -0.2) is 22.1 Å². The minimum atomic E-state index is 0. The smallest absolute Gasteiger partial charge is 0.170 e. The van der Waals surface area contributed by atoms with Gasteiger partial charge in [-0.15, -0.1) is 12.4 Å². The maximum atomic E-state index is 8.71. The Balaban J connectivity index is 0.00000261. The Labute approximate surface area is 162 Å². The van der Waals surface area contributed by atoms with Gasteiger partial charge in [-0.05, 0) is 22.3 Å². The normalized spacial score (nSPS) is 11.7. The molecule has 3 aromatic carbocycles. The number of oxime groups is 2. The highest BCUT2D eigenvalue weighted by molar-refractivity contribution is 5.98. The maximum absolute atomic E-state index is 8.71. The predicted molar refractivity (Wildman–Crippen MR) is 110 cm³/mol. The molecule has 0 aliphatic rings. The van der Waals surface area contributed by atoms with Crippen molar-refractivity contribution < 1.29 is 10.4 Å². The van der Waals surface area contributed by atoms with Crippen molar-refractivity contribution in [3.63, 3.8) is 0 Å². The number of halogens is 1. The van der Waals surface area contributed by atoms with Crippen molar-refractivity contribution in [3.05, 3.63) is 83.9 Å². The van der Waals surface area contributed by atoms with Gasteiger partial charge in [0.1, 0.15) is 0 Å². The van der Waals surface area contributed by atoms with E-state index in [1.54, 1.807) is 0 Å². The first-order valence-electron chi connectivity index (χ1n) is 7.89. The van der Waals surface area contributed by atoms with Gasteiger partial charge >= 0.3 is 0 Å². The summed E-state index contributed by atoms with van der Waals surface area (Å²) in [5.74, 6) is 0.171. The first-order valence-corrected chi connectivity index (χ1v) is 7.89. The molecule has 0 saturated heterocycles. The van der Waals surface area contributed by atoms with Crippen LogP contribution < -0.4 is 11.5 Å². The molecule has 3 aromatic rings. The predicted octanol–water partition coefficient (Wildman–Crippen LogP) is 3.63. The lowest BCUT2D eigenvalue weighted by Crippen LogP contribution is -2.12. The number of hydrogen-bond acceptors (Lipinski definition) is 4. The first-order chi connectivity index (χ1) is 12.6. The third-order valence-corrected chi connectivity index (χ3v) is 4.13. The van der Waals surface area contributed by atoms with E-state index in [0.717, 1.165) is 22.3 Å². The standard InChI is InChI=1S/C20H18N4O2.ClH/c21-19(23-25)17-9-5-15(6-10-17)13-1-2-14(4-3-13)16-7-11-18(12-8-16)20(22)24-26;/h1-12,25-26H,(H2,21,23)(H2,22,24);1H. The molecule has 0 unspecified atom stereocenters. The van der Waals surface area contributed by atoms with E-state index in [1.807, 2.05) is 72.8 Å². The molecule has 0 fully saturated rings. The maximum Gasteiger partial charge on any atom is 0.170 e. The van der Waals surface area contributed by atoms with Gasteiger partial charge in [0.2, 0.25) is 0 Å². The quantitative estimate of drug-likeness (QED) is 0.238. The topological polar surface area (TPSA) is 117 Å². The average Bonchev–Trinajstić information content (AvgIpc) is 2.73.